The molecule has 2 unspecified atom stereocenters. The summed E-state index contributed by atoms with van der Waals surface area (Å²) in [6.45, 7) is 3.80. The smallest absolute Gasteiger partial charge is 0.169 e. The van der Waals surface area contributed by atoms with Crippen molar-refractivity contribution in [2.45, 2.75) is 70.5 Å². The van der Waals surface area contributed by atoms with Gasteiger partial charge in [0.25, 0.3) is 0 Å². The lowest BCUT2D eigenvalue weighted by Gasteiger charge is -2.51. The molecule has 0 N–H and O–H groups in total. The molecule has 0 radical (unpaired) electrons. The summed E-state index contributed by atoms with van der Waals surface area (Å²) in [6.07, 6.45) is 12.9. The molecule has 6 rings (SSSR count). The van der Waals surface area contributed by atoms with Crippen molar-refractivity contribution in [2.75, 3.05) is 13.2 Å². The van der Waals surface area contributed by atoms with Gasteiger partial charge in [-0.15, -0.1) is 0 Å². The lowest BCUT2D eigenvalue weighted by molar-refractivity contribution is -0.197. The predicted molar refractivity (Wildman–Crippen MR) is 89.2 cm³/mol. The van der Waals surface area contributed by atoms with Gasteiger partial charge in [0.1, 0.15) is 5.78 Å². The molecule has 5 fully saturated rings. The Morgan fingerprint density at radius 3 is 2.75 bits per heavy atom. The van der Waals surface area contributed by atoms with Crippen LogP contribution < -0.4 is 0 Å². The van der Waals surface area contributed by atoms with Crippen LogP contribution in [0.4, 0.5) is 0 Å². The Balaban J connectivity index is 1.37. The molecule has 130 valence electrons. The number of Topliss-reactive ketones (excluding diaryl/α,β-unsaturated/α-hetero) is 1. The fraction of sp³-hybridized carbons (Fsp3) is 0.857. The third-order valence-corrected chi connectivity index (χ3v) is 9.14. The number of allylic oxidation sites excluding steroid dienone is 2. The van der Waals surface area contributed by atoms with Gasteiger partial charge >= 0.3 is 0 Å². The molecule has 24 heavy (non-hydrogen) atoms. The average Bonchev–Trinajstić information content (AvgIpc) is 2.88. The van der Waals surface area contributed by atoms with Gasteiger partial charge in [0.05, 0.1) is 13.2 Å². The lowest BCUT2D eigenvalue weighted by Crippen LogP contribution is -2.47. The zero-order valence-corrected chi connectivity index (χ0v) is 14.7. The van der Waals surface area contributed by atoms with Gasteiger partial charge in [-0.2, -0.15) is 0 Å². The largest absolute Gasteiger partial charge is 0.348 e. The highest BCUT2D eigenvalue weighted by Gasteiger charge is 2.76. The number of ether oxygens (including phenoxy) is 2. The summed E-state index contributed by atoms with van der Waals surface area (Å²) in [4.78, 5) is 12.5. The van der Waals surface area contributed by atoms with Gasteiger partial charge in [-0.05, 0) is 61.2 Å². The van der Waals surface area contributed by atoms with Gasteiger partial charge in [0.15, 0.2) is 5.79 Å². The number of hydrogen-bond donors (Lipinski definition) is 0. The maximum atomic E-state index is 12.5. The summed E-state index contributed by atoms with van der Waals surface area (Å²) < 4.78 is 12.1. The van der Waals surface area contributed by atoms with Crippen LogP contribution in [0.15, 0.2) is 11.6 Å². The van der Waals surface area contributed by atoms with Crippen LogP contribution >= 0.6 is 0 Å². The molecular weight excluding hydrogens is 300 g/mol. The highest BCUT2D eigenvalue weighted by molar-refractivity contribution is 5.87. The molecule has 5 atom stereocenters. The molecule has 0 amide bonds. The Morgan fingerprint density at radius 1 is 1.08 bits per heavy atom. The molecular formula is C21H28O3. The van der Waals surface area contributed by atoms with Gasteiger partial charge < -0.3 is 9.47 Å². The number of hydrogen-bond acceptors (Lipinski definition) is 3. The van der Waals surface area contributed by atoms with Gasteiger partial charge in [-0.3, -0.25) is 4.79 Å². The van der Waals surface area contributed by atoms with Gasteiger partial charge in [-0.25, -0.2) is 0 Å². The number of rotatable bonds is 0. The van der Waals surface area contributed by atoms with Crippen molar-refractivity contribution in [3.8, 4) is 0 Å². The fourth-order valence-electron chi connectivity index (χ4n) is 7.88. The van der Waals surface area contributed by atoms with E-state index in [9.17, 15) is 4.79 Å². The van der Waals surface area contributed by atoms with Gasteiger partial charge in [0.2, 0.25) is 0 Å². The molecule has 3 heteroatoms. The first-order chi connectivity index (χ1) is 11.5. The second kappa shape index (κ2) is 4.17. The van der Waals surface area contributed by atoms with Crippen LogP contribution in [-0.2, 0) is 14.3 Å². The van der Waals surface area contributed by atoms with E-state index in [0.717, 1.165) is 45.3 Å². The summed E-state index contributed by atoms with van der Waals surface area (Å²) in [6, 6.07) is 0. The fourth-order valence-corrected chi connectivity index (χ4v) is 7.88. The minimum atomic E-state index is -0.250. The van der Waals surface area contributed by atoms with Crippen molar-refractivity contribution in [1.29, 1.82) is 0 Å². The van der Waals surface area contributed by atoms with Crippen LogP contribution in [-0.4, -0.2) is 24.8 Å². The van der Waals surface area contributed by atoms with Gasteiger partial charge in [-0.1, -0.05) is 18.6 Å². The van der Waals surface area contributed by atoms with E-state index >= 15 is 0 Å². The Bertz CT molecular complexity index is 660. The first-order valence-corrected chi connectivity index (χ1v) is 10.0. The third kappa shape index (κ3) is 1.47. The molecule has 1 heterocycles. The lowest BCUT2D eigenvalue weighted by atomic mass is 9.54. The van der Waals surface area contributed by atoms with Crippen LogP contribution in [0, 0.1) is 28.1 Å². The van der Waals surface area contributed by atoms with Crippen LogP contribution in [0.5, 0.6) is 0 Å². The quantitative estimate of drug-likeness (QED) is 0.630. The van der Waals surface area contributed by atoms with E-state index in [1.807, 2.05) is 0 Å². The second-order valence-electron chi connectivity index (χ2n) is 9.82. The summed E-state index contributed by atoms with van der Waals surface area (Å²) in [5.74, 6) is 1.58. The highest BCUT2D eigenvalue weighted by Crippen LogP contribution is 2.83. The van der Waals surface area contributed by atoms with E-state index in [-0.39, 0.29) is 11.2 Å². The number of ketones is 1. The number of fused-ring (bicyclic) bond motifs is 3. The van der Waals surface area contributed by atoms with Crippen molar-refractivity contribution in [1.82, 2.24) is 0 Å². The SMILES string of the molecule is C[C@]12CC=C3C(CC[C@@]45CC6(CC[C@@]34C5)OCCO6)C1CCC2=O. The zero-order chi connectivity index (χ0) is 16.2. The molecule has 1 saturated heterocycles. The van der Waals surface area contributed by atoms with E-state index in [0.29, 0.717) is 28.4 Å². The van der Waals surface area contributed by atoms with Crippen molar-refractivity contribution in [3.63, 3.8) is 0 Å². The highest BCUT2D eigenvalue weighted by atomic mass is 16.7. The molecule has 1 aliphatic heterocycles. The first kappa shape index (κ1) is 14.5. The van der Waals surface area contributed by atoms with E-state index in [1.165, 1.54) is 25.7 Å². The molecule has 6 aliphatic rings. The predicted octanol–water partition coefficient (Wildman–Crippen LogP) is 4.02. The first-order valence-electron chi connectivity index (χ1n) is 10.0. The molecule has 4 saturated carbocycles. The minimum absolute atomic E-state index is 0.0484. The van der Waals surface area contributed by atoms with Crippen LogP contribution in [0.2, 0.25) is 0 Å². The summed E-state index contributed by atoms with van der Waals surface area (Å²) >= 11 is 0. The van der Waals surface area contributed by atoms with E-state index in [1.54, 1.807) is 5.57 Å². The molecule has 3 nitrogen and oxygen atoms in total. The van der Waals surface area contributed by atoms with Crippen molar-refractivity contribution in [2.24, 2.45) is 28.1 Å². The molecule has 0 aromatic heterocycles. The summed E-state index contributed by atoms with van der Waals surface area (Å²) in [7, 11) is 0. The van der Waals surface area contributed by atoms with Crippen LogP contribution in [0.1, 0.15) is 64.7 Å². The molecule has 1 spiro atoms. The Labute approximate surface area is 144 Å². The van der Waals surface area contributed by atoms with E-state index in [4.69, 9.17) is 9.47 Å². The molecule has 5 aliphatic carbocycles. The second-order valence-corrected chi connectivity index (χ2v) is 9.82. The topological polar surface area (TPSA) is 35.5 Å². The normalized spacial score (nSPS) is 53.9. The average molecular weight is 328 g/mol. The maximum Gasteiger partial charge on any atom is 0.169 e. The Kier molecular flexibility index (Phi) is 2.52. The maximum absolute atomic E-state index is 12.5. The van der Waals surface area contributed by atoms with E-state index in [2.05, 4.69) is 13.0 Å². The summed E-state index contributed by atoms with van der Waals surface area (Å²) in [5, 5.41) is 0. The monoisotopic (exact) mass is 328 g/mol. The standard InChI is InChI=1S/C21H28O3/c1-18-6-5-16-14(15(18)2-3-17(18)22)4-7-19-12-20(16,19)8-9-21(13-19)23-10-11-24-21/h5,14-15H,2-4,6-13H2,1H3/t14?,15?,18-,19+,20+/m0/s1. The minimum Gasteiger partial charge on any atom is -0.348 e. The summed E-state index contributed by atoms with van der Waals surface area (Å²) in [5.41, 5.74) is 2.61. The number of carbonyl (C=O) groups excluding carboxylic acids is 1. The van der Waals surface area contributed by atoms with Crippen molar-refractivity contribution < 1.29 is 14.3 Å². The van der Waals surface area contributed by atoms with E-state index < -0.39 is 0 Å². The van der Waals surface area contributed by atoms with Crippen molar-refractivity contribution in [3.05, 3.63) is 11.6 Å². The molecule has 0 aromatic rings. The molecule has 0 aromatic carbocycles. The Hall–Kier alpha value is -0.670. The third-order valence-electron chi connectivity index (χ3n) is 9.14. The van der Waals surface area contributed by atoms with Crippen molar-refractivity contribution >= 4 is 5.78 Å². The molecule has 0 bridgehead atoms. The van der Waals surface area contributed by atoms with Crippen LogP contribution in [0.25, 0.3) is 0 Å². The number of carbonyl (C=O) groups is 1. The van der Waals surface area contributed by atoms with Gasteiger partial charge in [0, 0.05) is 24.7 Å². The Morgan fingerprint density at radius 2 is 1.92 bits per heavy atom. The van der Waals surface area contributed by atoms with Crippen LogP contribution in [0.3, 0.4) is 0 Å². The zero-order valence-electron chi connectivity index (χ0n) is 14.7.